The van der Waals surface area contributed by atoms with Crippen LogP contribution in [0.5, 0.6) is 0 Å². The Morgan fingerprint density at radius 2 is 2.44 bits per heavy atom. The summed E-state index contributed by atoms with van der Waals surface area (Å²) in [4.78, 5) is 13.9. The van der Waals surface area contributed by atoms with Crippen LogP contribution < -0.4 is 15.5 Å². The van der Waals surface area contributed by atoms with Crippen LogP contribution in [-0.4, -0.2) is 38.6 Å². The van der Waals surface area contributed by atoms with Gasteiger partial charge in [-0.1, -0.05) is 6.07 Å². The number of hydrogen-bond donors (Lipinski definition) is 2. The fourth-order valence-electron chi connectivity index (χ4n) is 2.17. The molecule has 1 aromatic carbocycles. The van der Waals surface area contributed by atoms with Gasteiger partial charge in [-0.25, -0.2) is 0 Å². The topological polar surface area (TPSA) is 68.2 Å². The van der Waals surface area contributed by atoms with Gasteiger partial charge >= 0.3 is 0 Å². The lowest BCUT2D eigenvalue weighted by molar-refractivity contribution is -0.123. The van der Waals surface area contributed by atoms with E-state index in [9.17, 15) is 4.79 Å². The number of benzene rings is 1. The first-order valence-electron chi connectivity index (χ1n) is 5.95. The molecule has 2 N–H and O–H groups in total. The number of carbonyl (C=O) groups excluding carboxylic acids is 1. The van der Waals surface area contributed by atoms with E-state index in [-0.39, 0.29) is 11.9 Å². The van der Waals surface area contributed by atoms with Crippen LogP contribution in [0.3, 0.4) is 0 Å². The summed E-state index contributed by atoms with van der Waals surface area (Å²) < 4.78 is 0. The molecule has 5 heteroatoms. The maximum Gasteiger partial charge on any atom is 0.244 e. The third-order valence-electron chi connectivity index (χ3n) is 3.04. The zero-order valence-corrected chi connectivity index (χ0v) is 10.3. The zero-order chi connectivity index (χ0) is 13.0. The predicted octanol–water partition coefficient (Wildman–Crippen LogP) is 0.0825. The Kier molecular flexibility index (Phi) is 3.80. The van der Waals surface area contributed by atoms with Crippen LogP contribution in [0.1, 0.15) is 5.56 Å². The van der Waals surface area contributed by atoms with Gasteiger partial charge in [0.15, 0.2) is 0 Å². The molecule has 1 aliphatic rings. The summed E-state index contributed by atoms with van der Waals surface area (Å²) in [5.74, 6) is 0.0259. The highest BCUT2D eigenvalue weighted by Crippen LogP contribution is 2.19. The van der Waals surface area contributed by atoms with E-state index in [1.807, 2.05) is 30.1 Å². The van der Waals surface area contributed by atoms with E-state index < -0.39 is 0 Å². The van der Waals surface area contributed by atoms with E-state index in [0.717, 1.165) is 12.2 Å². The number of likely N-dealkylation sites (N-methyl/N-ethyl adjacent to an activating group) is 1. The van der Waals surface area contributed by atoms with E-state index in [2.05, 4.69) is 16.7 Å². The summed E-state index contributed by atoms with van der Waals surface area (Å²) in [7, 11) is 1.83. The number of carbonyl (C=O) groups is 1. The predicted molar refractivity (Wildman–Crippen MR) is 69.2 cm³/mol. The second kappa shape index (κ2) is 5.52. The van der Waals surface area contributed by atoms with Crippen molar-refractivity contribution in [2.75, 3.05) is 31.6 Å². The highest BCUT2D eigenvalue weighted by Gasteiger charge is 2.29. The molecule has 1 unspecified atom stereocenters. The number of anilines is 1. The van der Waals surface area contributed by atoms with E-state index in [0.29, 0.717) is 18.7 Å². The molecule has 0 aliphatic carbocycles. The normalized spacial score (nSPS) is 19.2. The molecule has 0 spiro atoms. The summed E-state index contributed by atoms with van der Waals surface area (Å²) >= 11 is 0. The first-order valence-corrected chi connectivity index (χ1v) is 5.95. The number of piperazine rings is 1. The molecule has 0 bridgehead atoms. The van der Waals surface area contributed by atoms with Crippen LogP contribution in [-0.2, 0) is 4.79 Å². The Hall–Kier alpha value is -2.06. The lowest BCUT2D eigenvalue weighted by atomic mass is 10.1. The molecule has 1 saturated heterocycles. The number of nitrogens with one attached hydrogen (secondary N) is 2. The first-order chi connectivity index (χ1) is 8.76. The van der Waals surface area contributed by atoms with Gasteiger partial charge in [-0.15, -0.1) is 0 Å². The van der Waals surface area contributed by atoms with Crippen LogP contribution in [0.4, 0.5) is 5.69 Å². The Bertz CT molecular complexity index is 480. The number of nitrogens with zero attached hydrogens (tertiary/aromatic N) is 2. The minimum absolute atomic E-state index is 0.0259. The highest BCUT2D eigenvalue weighted by atomic mass is 16.2. The fraction of sp³-hybridized carbons (Fsp3) is 0.385. The third kappa shape index (κ3) is 2.44. The van der Waals surface area contributed by atoms with Crippen LogP contribution in [0.2, 0.25) is 0 Å². The monoisotopic (exact) mass is 244 g/mol. The molecule has 18 heavy (non-hydrogen) atoms. The third-order valence-corrected chi connectivity index (χ3v) is 3.04. The van der Waals surface area contributed by atoms with Crippen molar-refractivity contribution in [3.8, 4) is 6.07 Å². The average molecular weight is 244 g/mol. The molecule has 1 aromatic rings. The van der Waals surface area contributed by atoms with E-state index >= 15 is 0 Å². The molecule has 1 amide bonds. The van der Waals surface area contributed by atoms with Crippen LogP contribution in [0.15, 0.2) is 24.3 Å². The highest BCUT2D eigenvalue weighted by molar-refractivity contribution is 5.86. The average Bonchev–Trinajstić information content (AvgIpc) is 2.41. The largest absolute Gasteiger partial charge is 0.357 e. The minimum atomic E-state index is -0.224. The number of rotatable bonds is 3. The van der Waals surface area contributed by atoms with Gasteiger partial charge in [0.2, 0.25) is 5.91 Å². The fourth-order valence-corrected chi connectivity index (χ4v) is 2.17. The van der Waals surface area contributed by atoms with Gasteiger partial charge in [-0.05, 0) is 25.2 Å². The summed E-state index contributed by atoms with van der Waals surface area (Å²) in [5.41, 5.74) is 1.53. The molecule has 2 rings (SSSR count). The van der Waals surface area contributed by atoms with Crippen LogP contribution >= 0.6 is 0 Å². The van der Waals surface area contributed by atoms with Crippen molar-refractivity contribution in [2.45, 2.75) is 6.04 Å². The quantitative estimate of drug-likeness (QED) is 0.790. The second-order valence-corrected chi connectivity index (χ2v) is 4.22. The van der Waals surface area contributed by atoms with Gasteiger partial charge in [0.05, 0.1) is 11.6 Å². The summed E-state index contributed by atoms with van der Waals surface area (Å²) in [6, 6.07) is 9.26. The molecule has 0 aromatic heterocycles. The molecular formula is C13H16N4O. The van der Waals surface area contributed by atoms with Crippen molar-refractivity contribution in [1.29, 1.82) is 5.26 Å². The Labute approximate surface area is 106 Å². The molecule has 94 valence electrons. The molecule has 5 nitrogen and oxygen atoms in total. The molecule has 1 aliphatic heterocycles. The summed E-state index contributed by atoms with van der Waals surface area (Å²) in [5, 5.41) is 14.8. The Morgan fingerprint density at radius 3 is 3.17 bits per heavy atom. The van der Waals surface area contributed by atoms with Gasteiger partial charge < -0.3 is 15.5 Å². The second-order valence-electron chi connectivity index (χ2n) is 4.22. The van der Waals surface area contributed by atoms with Crippen molar-refractivity contribution >= 4 is 11.6 Å². The summed E-state index contributed by atoms with van der Waals surface area (Å²) in [6.45, 7) is 1.98. The van der Waals surface area contributed by atoms with Gasteiger partial charge in [0, 0.05) is 25.3 Å². The lowest BCUT2D eigenvalue weighted by Gasteiger charge is -2.36. The van der Waals surface area contributed by atoms with Crippen molar-refractivity contribution in [2.24, 2.45) is 0 Å². The number of nitriles is 1. The van der Waals surface area contributed by atoms with Gasteiger partial charge in [-0.2, -0.15) is 5.26 Å². The van der Waals surface area contributed by atoms with Crippen molar-refractivity contribution in [3.05, 3.63) is 29.8 Å². The van der Waals surface area contributed by atoms with Crippen molar-refractivity contribution in [1.82, 2.24) is 10.6 Å². The molecule has 0 saturated carbocycles. The molecular weight excluding hydrogens is 228 g/mol. The minimum Gasteiger partial charge on any atom is -0.357 e. The molecule has 0 radical (unpaired) electrons. The zero-order valence-electron chi connectivity index (χ0n) is 10.3. The van der Waals surface area contributed by atoms with Crippen LogP contribution in [0, 0.1) is 11.3 Å². The maximum atomic E-state index is 11.9. The number of hydrogen-bond acceptors (Lipinski definition) is 4. The standard InChI is InChI=1S/C13H16N4O/c1-15-9-12-13(18)16-5-6-17(12)11-4-2-3-10(7-11)8-14/h2-4,7,12,15H,5-6,9H2,1H3,(H,16,18). The first kappa shape index (κ1) is 12.4. The van der Waals surface area contributed by atoms with Gasteiger partial charge in [0.1, 0.15) is 6.04 Å². The lowest BCUT2D eigenvalue weighted by Crippen LogP contribution is -2.58. The molecule has 1 heterocycles. The molecule has 1 atom stereocenters. The van der Waals surface area contributed by atoms with Crippen molar-refractivity contribution in [3.63, 3.8) is 0 Å². The Morgan fingerprint density at radius 1 is 1.61 bits per heavy atom. The SMILES string of the molecule is CNCC1C(=O)NCCN1c1cccc(C#N)c1. The number of amides is 1. The smallest absolute Gasteiger partial charge is 0.244 e. The van der Waals surface area contributed by atoms with E-state index in [1.165, 1.54) is 0 Å². The molecule has 1 fully saturated rings. The van der Waals surface area contributed by atoms with Crippen molar-refractivity contribution < 1.29 is 4.79 Å². The van der Waals surface area contributed by atoms with E-state index in [1.54, 1.807) is 6.07 Å². The summed E-state index contributed by atoms with van der Waals surface area (Å²) in [6.07, 6.45) is 0. The maximum absolute atomic E-state index is 11.9. The Balaban J connectivity index is 2.28. The van der Waals surface area contributed by atoms with Gasteiger partial charge in [0.25, 0.3) is 0 Å². The van der Waals surface area contributed by atoms with Gasteiger partial charge in [-0.3, -0.25) is 4.79 Å². The van der Waals surface area contributed by atoms with Crippen LogP contribution in [0.25, 0.3) is 0 Å². The van der Waals surface area contributed by atoms with E-state index in [4.69, 9.17) is 5.26 Å².